The number of pyridine rings is 1. The lowest BCUT2D eigenvalue weighted by Crippen LogP contribution is -2.50. The fourth-order valence-corrected chi connectivity index (χ4v) is 4.29. The molecule has 4 rings (SSSR count). The molecule has 0 spiro atoms. The quantitative estimate of drug-likeness (QED) is 0.789. The lowest BCUT2D eigenvalue weighted by molar-refractivity contribution is -0.131. The van der Waals surface area contributed by atoms with Gasteiger partial charge in [-0.25, -0.2) is 4.98 Å². The maximum absolute atomic E-state index is 12.7. The minimum absolute atomic E-state index is 0.0277. The molecular formula is C18H22N4O3S. The molecule has 8 heteroatoms. The van der Waals surface area contributed by atoms with E-state index in [0.717, 1.165) is 23.8 Å². The summed E-state index contributed by atoms with van der Waals surface area (Å²) in [6, 6.07) is 5.10. The van der Waals surface area contributed by atoms with Crippen LogP contribution in [0.4, 0.5) is 0 Å². The standard InChI is InChI=1S/C18H22N4O3S/c1-13-19-14(12-26-13)8-20-6-7-25-16-10-22(9-15(16)20)18(24)11-21-5-3-2-4-17(21)23/h2-5,12,15-16H,6-11H2,1H3/t15-,16-/m0/s1. The number of rotatable bonds is 4. The monoisotopic (exact) mass is 374 g/mol. The highest BCUT2D eigenvalue weighted by Gasteiger charge is 2.41. The molecule has 2 aliphatic rings. The molecule has 26 heavy (non-hydrogen) atoms. The Bertz CT molecular complexity index is 849. The molecule has 7 nitrogen and oxygen atoms in total. The van der Waals surface area contributed by atoms with Crippen LogP contribution < -0.4 is 5.56 Å². The van der Waals surface area contributed by atoms with Crippen LogP contribution in [0.5, 0.6) is 0 Å². The molecule has 2 aromatic rings. The smallest absolute Gasteiger partial charge is 0.250 e. The number of likely N-dealkylation sites (tertiary alicyclic amines) is 1. The van der Waals surface area contributed by atoms with Crippen molar-refractivity contribution in [2.24, 2.45) is 0 Å². The fraction of sp³-hybridized carbons (Fsp3) is 0.500. The topological polar surface area (TPSA) is 67.7 Å². The van der Waals surface area contributed by atoms with Crippen molar-refractivity contribution in [2.75, 3.05) is 26.2 Å². The van der Waals surface area contributed by atoms with E-state index in [1.165, 1.54) is 10.6 Å². The Balaban J connectivity index is 1.42. The zero-order valence-electron chi connectivity index (χ0n) is 14.7. The number of carbonyl (C=O) groups is 1. The largest absolute Gasteiger partial charge is 0.373 e. The van der Waals surface area contributed by atoms with Crippen molar-refractivity contribution in [1.29, 1.82) is 0 Å². The third kappa shape index (κ3) is 3.58. The molecule has 1 amide bonds. The highest BCUT2D eigenvalue weighted by atomic mass is 32.1. The number of aryl methyl sites for hydroxylation is 1. The van der Waals surface area contributed by atoms with Crippen molar-refractivity contribution < 1.29 is 9.53 Å². The first-order chi connectivity index (χ1) is 12.6. The minimum Gasteiger partial charge on any atom is -0.373 e. The zero-order valence-corrected chi connectivity index (χ0v) is 15.5. The van der Waals surface area contributed by atoms with Gasteiger partial charge in [0.2, 0.25) is 5.91 Å². The van der Waals surface area contributed by atoms with Crippen LogP contribution in [0.1, 0.15) is 10.7 Å². The summed E-state index contributed by atoms with van der Waals surface area (Å²) in [6.07, 6.45) is 1.68. The van der Waals surface area contributed by atoms with Gasteiger partial charge in [-0.1, -0.05) is 6.07 Å². The van der Waals surface area contributed by atoms with E-state index < -0.39 is 0 Å². The number of nitrogens with zero attached hydrogens (tertiary/aromatic N) is 4. The molecule has 0 aliphatic carbocycles. The lowest BCUT2D eigenvalue weighted by atomic mass is 10.1. The van der Waals surface area contributed by atoms with E-state index in [9.17, 15) is 9.59 Å². The number of amides is 1. The normalized spacial score (nSPS) is 23.2. The molecule has 0 unspecified atom stereocenters. The number of morpholine rings is 1. The number of carbonyl (C=O) groups excluding carboxylic acids is 1. The van der Waals surface area contributed by atoms with Gasteiger partial charge in [0.15, 0.2) is 0 Å². The van der Waals surface area contributed by atoms with Crippen LogP contribution in [0.15, 0.2) is 34.6 Å². The van der Waals surface area contributed by atoms with Gasteiger partial charge in [-0.05, 0) is 13.0 Å². The number of hydrogen-bond acceptors (Lipinski definition) is 6. The van der Waals surface area contributed by atoms with Gasteiger partial charge in [0, 0.05) is 43.8 Å². The van der Waals surface area contributed by atoms with E-state index in [2.05, 4.69) is 15.3 Å². The lowest BCUT2D eigenvalue weighted by Gasteiger charge is -2.36. The number of aromatic nitrogens is 2. The summed E-state index contributed by atoms with van der Waals surface area (Å²) in [5.74, 6) is -0.0410. The molecule has 2 atom stereocenters. The predicted octanol–water partition coefficient (Wildman–Crippen LogP) is 0.725. The van der Waals surface area contributed by atoms with Crippen LogP contribution in [0.3, 0.4) is 0 Å². The number of fused-ring (bicyclic) bond motifs is 1. The van der Waals surface area contributed by atoms with Gasteiger partial charge in [-0.2, -0.15) is 0 Å². The highest BCUT2D eigenvalue weighted by Crippen LogP contribution is 2.25. The Labute approximate surface area is 155 Å². The van der Waals surface area contributed by atoms with Crippen LogP contribution in [0.2, 0.25) is 0 Å². The first kappa shape index (κ1) is 17.4. The average Bonchev–Trinajstić information content (AvgIpc) is 3.24. The van der Waals surface area contributed by atoms with Gasteiger partial charge in [0.05, 0.1) is 29.5 Å². The summed E-state index contributed by atoms with van der Waals surface area (Å²) in [6.45, 7) is 5.60. The molecule has 0 aromatic carbocycles. The fourth-order valence-electron chi connectivity index (χ4n) is 3.68. The van der Waals surface area contributed by atoms with E-state index in [4.69, 9.17) is 4.74 Å². The molecule has 2 aliphatic heterocycles. The summed E-state index contributed by atoms with van der Waals surface area (Å²) in [4.78, 5) is 33.2. The molecule has 2 saturated heterocycles. The summed E-state index contributed by atoms with van der Waals surface area (Å²) >= 11 is 1.66. The molecule has 2 fully saturated rings. The second kappa shape index (κ2) is 7.30. The summed E-state index contributed by atoms with van der Waals surface area (Å²) in [5.41, 5.74) is 0.919. The van der Waals surface area contributed by atoms with Crippen molar-refractivity contribution in [2.45, 2.75) is 32.2 Å². The Kier molecular flexibility index (Phi) is 4.88. The molecule has 2 aromatic heterocycles. The van der Waals surface area contributed by atoms with Gasteiger partial charge in [-0.15, -0.1) is 11.3 Å². The second-order valence-electron chi connectivity index (χ2n) is 6.77. The van der Waals surface area contributed by atoms with Crippen LogP contribution in [-0.2, 0) is 22.6 Å². The molecule has 0 N–H and O–H groups in total. The molecule has 4 heterocycles. The molecule has 0 saturated carbocycles. The van der Waals surface area contributed by atoms with Crippen LogP contribution in [0.25, 0.3) is 0 Å². The van der Waals surface area contributed by atoms with Crippen LogP contribution in [-0.4, -0.2) is 63.6 Å². The van der Waals surface area contributed by atoms with E-state index in [-0.39, 0.29) is 30.2 Å². The predicted molar refractivity (Wildman–Crippen MR) is 98.1 cm³/mol. The van der Waals surface area contributed by atoms with E-state index >= 15 is 0 Å². The maximum atomic E-state index is 12.7. The Morgan fingerprint density at radius 1 is 1.38 bits per heavy atom. The Hall–Kier alpha value is -2.03. The maximum Gasteiger partial charge on any atom is 0.250 e. The first-order valence-corrected chi connectivity index (χ1v) is 9.68. The van der Waals surface area contributed by atoms with Gasteiger partial charge >= 0.3 is 0 Å². The van der Waals surface area contributed by atoms with Gasteiger partial charge in [0.1, 0.15) is 6.54 Å². The van der Waals surface area contributed by atoms with E-state index in [1.807, 2.05) is 11.8 Å². The number of thiazole rings is 1. The number of hydrogen-bond donors (Lipinski definition) is 0. The summed E-state index contributed by atoms with van der Waals surface area (Å²) < 4.78 is 7.35. The number of ether oxygens (including phenoxy) is 1. The van der Waals surface area contributed by atoms with Crippen molar-refractivity contribution >= 4 is 17.2 Å². The second-order valence-corrected chi connectivity index (χ2v) is 7.83. The van der Waals surface area contributed by atoms with Crippen LogP contribution in [0, 0.1) is 6.92 Å². The first-order valence-electron chi connectivity index (χ1n) is 8.80. The highest BCUT2D eigenvalue weighted by molar-refractivity contribution is 7.09. The van der Waals surface area contributed by atoms with Gasteiger partial charge in [0.25, 0.3) is 5.56 Å². The molecule has 0 bridgehead atoms. The van der Waals surface area contributed by atoms with Crippen molar-refractivity contribution in [3.05, 3.63) is 50.8 Å². The van der Waals surface area contributed by atoms with E-state index in [1.54, 1.807) is 29.7 Å². The third-order valence-corrected chi connectivity index (χ3v) is 5.83. The molecule has 138 valence electrons. The Morgan fingerprint density at radius 3 is 3.04 bits per heavy atom. The minimum atomic E-state index is -0.158. The van der Waals surface area contributed by atoms with E-state index in [0.29, 0.717) is 19.7 Å². The molecular weight excluding hydrogens is 352 g/mol. The van der Waals surface area contributed by atoms with Gasteiger partial charge < -0.3 is 14.2 Å². The average molecular weight is 374 g/mol. The van der Waals surface area contributed by atoms with Crippen molar-refractivity contribution in [3.63, 3.8) is 0 Å². The zero-order chi connectivity index (χ0) is 18.1. The van der Waals surface area contributed by atoms with Gasteiger partial charge in [-0.3, -0.25) is 14.5 Å². The third-order valence-electron chi connectivity index (χ3n) is 5.01. The SMILES string of the molecule is Cc1nc(CN2CCO[C@H]3CN(C(=O)Cn4ccccc4=O)C[C@@H]32)cs1. The Morgan fingerprint density at radius 2 is 2.27 bits per heavy atom. The van der Waals surface area contributed by atoms with Crippen LogP contribution >= 0.6 is 11.3 Å². The summed E-state index contributed by atoms with van der Waals surface area (Å²) in [5, 5.41) is 3.17. The van der Waals surface area contributed by atoms with Crippen molar-refractivity contribution in [3.8, 4) is 0 Å². The van der Waals surface area contributed by atoms with Crippen molar-refractivity contribution in [1.82, 2.24) is 19.4 Å². The summed E-state index contributed by atoms with van der Waals surface area (Å²) in [7, 11) is 0. The molecule has 0 radical (unpaired) electrons.